The van der Waals surface area contributed by atoms with Crippen LogP contribution in [0.3, 0.4) is 0 Å². The normalized spacial score (nSPS) is 13.5. The number of hydrogen-bond donors (Lipinski definition) is 1. The van der Waals surface area contributed by atoms with Crippen LogP contribution in [0.5, 0.6) is 11.5 Å². The number of hydrogen-bond acceptors (Lipinski definition) is 5. The number of rotatable bonds is 9. The maximum atomic E-state index is 6.38. The highest BCUT2D eigenvalue weighted by Gasteiger charge is 2.23. The first-order chi connectivity index (χ1) is 12.6. The highest BCUT2D eigenvalue weighted by atomic mass is 35.5. The number of methoxy groups -OCH3 is 1. The molecule has 1 aliphatic rings. The monoisotopic (exact) mass is 392 g/mol. The molecule has 3 rings (SSSR count). The SMILES string of the molecule is COc1ccc(N(CCS)Cc2c(C)cncc2Cl)cc1OCC1CC1. The van der Waals surface area contributed by atoms with Crippen molar-refractivity contribution in [1.29, 1.82) is 0 Å². The summed E-state index contributed by atoms with van der Waals surface area (Å²) in [5.41, 5.74) is 3.23. The van der Waals surface area contributed by atoms with Gasteiger partial charge >= 0.3 is 0 Å². The van der Waals surface area contributed by atoms with E-state index in [9.17, 15) is 0 Å². The average Bonchev–Trinajstić information content (AvgIpc) is 3.46. The largest absolute Gasteiger partial charge is 0.493 e. The summed E-state index contributed by atoms with van der Waals surface area (Å²) >= 11 is 10.8. The van der Waals surface area contributed by atoms with Crippen LogP contribution in [0.2, 0.25) is 5.02 Å². The first kappa shape index (κ1) is 19.2. The lowest BCUT2D eigenvalue weighted by Crippen LogP contribution is -2.25. The number of aromatic nitrogens is 1. The topological polar surface area (TPSA) is 34.6 Å². The zero-order chi connectivity index (χ0) is 18.5. The molecule has 0 atom stereocenters. The van der Waals surface area contributed by atoms with Gasteiger partial charge in [-0.15, -0.1) is 0 Å². The third kappa shape index (κ3) is 4.77. The van der Waals surface area contributed by atoms with Crippen molar-refractivity contribution in [3.8, 4) is 11.5 Å². The summed E-state index contributed by atoms with van der Waals surface area (Å²) in [5.74, 6) is 2.98. The number of aryl methyl sites for hydroxylation is 1. The Kier molecular flexibility index (Phi) is 6.54. The van der Waals surface area contributed by atoms with Crippen LogP contribution < -0.4 is 14.4 Å². The fourth-order valence-electron chi connectivity index (χ4n) is 2.84. The van der Waals surface area contributed by atoms with Gasteiger partial charge in [-0.3, -0.25) is 4.98 Å². The van der Waals surface area contributed by atoms with E-state index in [-0.39, 0.29) is 0 Å². The summed E-state index contributed by atoms with van der Waals surface area (Å²) < 4.78 is 11.5. The number of nitrogens with zero attached hydrogens (tertiary/aromatic N) is 2. The van der Waals surface area contributed by atoms with E-state index in [0.29, 0.717) is 17.5 Å². The molecule has 1 aliphatic carbocycles. The summed E-state index contributed by atoms with van der Waals surface area (Å²) in [5, 5.41) is 0.688. The van der Waals surface area contributed by atoms with Gasteiger partial charge in [0.25, 0.3) is 0 Å². The van der Waals surface area contributed by atoms with E-state index in [1.807, 2.05) is 19.2 Å². The van der Waals surface area contributed by atoms with Crippen molar-refractivity contribution in [1.82, 2.24) is 4.98 Å². The Balaban J connectivity index is 1.85. The van der Waals surface area contributed by atoms with Crippen molar-refractivity contribution >= 4 is 29.9 Å². The zero-order valence-corrected chi connectivity index (χ0v) is 16.9. The smallest absolute Gasteiger partial charge is 0.163 e. The summed E-state index contributed by atoms with van der Waals surface area (Å²) in [6, 6.07) is 6.07. The van der Waals surface area contributed by atoms with E-state index in [2.05, 4.69) is 34.6 Å². The Morgan fingerprint density at radius 3 is 2.73 bits per heavy atom. The molecule has 1 aromatic heterocycles. The minimum Gasteiger partial charge on any atom is -0.493 e. The standard InChI is InChI=1S/C20H25ClN2O2S/c1-14-10-22-11-18(21)17(14)12-23(7-8-26)16-5-6-19(24-2)20(9-16)25-13-15-3-4-15/h5-6,9-11,15,26H,3-4,7-8,12-13H2,1-2H3. The van der Waals surface area contributed by atoms with Crippen LogP contribution in [0.15, 0.2) is 30.6 Å². The number of pyridine rings is 1. The fourth-order valence-corrected chi connectivity index (χ4v) is 3.34. The molecule has 4 nitrogen and oxygen atoms in total. The van der Waals surface area contributed by atoms with Gasteiger partial charge in [0.2, 0.25) is 0 Å². The molecule has 6 heteroatoms. The van der Waals surface area contributed by atoms with Crippen molar-refractivity contribution in [2.24, 2.45) is 5.92 Å². The predicted molar refractivity (Wildman–Crippen MR) is 110 cm³/mol. The molecular weight excluding hydrogens is 368 g/mol. The minimum absolute atomic E-state index is 0.688. The number of benzene rings is 1. The molecule has 26 heavy (non-hydrogen) atoms. The van der Waals surface area contributed by atoms with Crippen LogP contribution in [-0.4, -0.2) is 31.0 Å². The lowest BCUT2D eigenvalue weighted by molar-refractivity contribution is 0.280. The maximum Gasteiger partial charge on any atom is 0.163 e. The maximum absolute atomic E-state index is 6.38. The van der Waals surface area contributed by atoms with Crippen LogP contribution in [0.25, 0.3) is 0 Å². The Morgan fingerprint density at radius 2 is 2.08 bits per heavy atom. The molecule has 0 N–H and O–H groups in total. The van der Waals surface area contributed by atoms with Crippen LogP contribution in [0.1, 0.15) is 24.0 Å². The summed E-state index contributed by atoms with van der Waals surface area (Å²) in [6.07, 6.45) is 6.06. The van der Waals surface area contributed by atoms with Gasteiger partial charge in [0.05, 0.1) is 18.7 Å². The van der Waals surface area contributed by atoms with Crippen molar-refractivity contribution in [3.05, 3.63) is 46.7 Å². The number of anilines is 1. The van der Waals surface area contributed by atoms with Gasteiger partial charge in [-0.2, -0.15) is 12.6 Å². The summed E-state index contributed by atoms with van der Waals surface area (Å²) in [7, 11) is 1.67. The lowest BCUT2D eigenvalue weighted by atomic mass is 10.1. The average molecular weight is 393 g/mol. The highest BCUT2D eigenvalue weighted by molar-refractivity contribution is 7.80. The van der Waals surface area contributed by atoms with E-state index in [4.69, 9.17) is 21.1 Å². The molecule has 0 bridgehead atoms. The van der Waals surface area contributed by atoms with Gasteiger partial charge < -0.3 is 14.4 Å². The molecule has 1 aromatic carbocycles. The Bertz CT molecular complexity index is 732. The number of thiol groups is 1. The predicted octanol–water partition coefficient (Wildman–Crippen LogP) is 4.78. The van der Waals surface area contributed by atoms with Crippen molar-refractivity contribution in [3.63, 3.8) is 0 Å². The molecule has 0 saturated heterocycles. The van der Waals surface area contributed by atoms with Gasteiger partial charge in [0.1, 0.15) is 0 Å². The van der Waals surface area contributed by atoms with Gasteiger partial charge in [0.15, 0.2) is 11.5 Å². The lowest BCUT2D eigenvalue weighted by Gasteiger charge is -2.26. The second kappa shape index (κ2) is 8.87. The number of halogens is 1. The van der Waals surface area contributed by atoms with E-state index in [1.165, 1.54) is 12.8 Å². The van der Waals surface area contributed by atoms with Gasteiger partial charge in [-0.1, -0.05) is 11.6 Å². The first-order valence-electron chi connectivity index (χ1n) is 8.88. The third-order valence-corrected chi connectivity index (χ3v) is 5.15. The van der Waals surface area contributed by atoms with Crippen molar-refractivity contribution in [2.45, 2.75) is 26.3 Å². The molecular formula is C20H25ClN2O2S. The van der Waals surface area contributed by atoms with Gasteiger partial charge in [-0.05, 0) is 48.9 Å². The second-order valence-electron chi connectivity index (χ2n) is 6.65. The van der Waals surface area contributed by atoms with E-state index >= 15 is 0 Å². The van der Waals surface area contributed by atoms with Crippen LogP contribution in [0, 0.1) is 12.8 Å². The molecule has 0 spiro atoms. The van der Waals surface area contributed by atoms with E-state index in [0.717, 1.165) is 47.2 Å². The molecule has 140 valence electrons. The third-order valence-electron chi connectivity index (χ3n) is 4.62. The number of ether oxygens (including phenoxy) is 2. The zero-order valence-electron chi connectivity index (χ0n) is 15.2. The Labute approximate surface area is 165 Å². The molecule has 0 aliphatic heterocycles. The van der Waals surface area contributed by atoms with Crippen LogP contribution in [0.4, 0.5) is 5.69 Å². The van der Waals surface area contributed by atoms with Gasteiger partial charge in [-0.25, -0.2) is 0 Å². The molecule has 1 saturated carbocycles. The quantitative estimate of drug-likeness (QED) is 0.623. The summed E-state index contributed by atoms with van der Waals surface area (Å²) in [6.45, 7) is 4.28. The Morgan fingerprint density at radius 1 is 1.27 bits per heavy atom. The molecule has 2 aromatic rings. The second-order valence-corrected chi connectivity index (χ2v) is 7.51. The molecule has 0 radical (unpaired) electrons. The van der Waals surface area contributed by atoms with Crippen LogP contribution in [-0.2, 0) is 6.54 Å². The first-order valence-corrected chi connectivity index (χ1v) is 9.89. The van der Waals surface area contributed by atoms with Gasteiger partial charge in [0, 0.05) is 43.0 Å². The van der Waals surface area contributed by atoms with E-state index in [1.54, 1.807) is 13.3 Å². The Hall–Kier alpha value is -1.59. The molecule has 1 fully saturated rings. The van der Waals surface area contributed by atoms with E-state index < -0.39 is 0 Å². The van der Waals surface area contributed by atoms with Crippen molar-refractivity contribution in [2.75, 3.05) is 30.9 Å². The van der Waals surface area contributed by atoms with Crippen LogP contribution >= 0.6 is 24.2 Å². The molecule has 1 heterocycles. The molecule has 0 unspecified atom stereocenters. The fraction of sp³-hybridized carbons (Fsp3) is 0.450. The molecule has 0 amide bonds. The van der Waals surface area contributed by atoms with Crippen molar-refractivity contribution < 1.29 is 9.47 Å². The minimum atomic E-state index is 0.688. The highest BCUT2D eigenvalue weighted by Crippen LogP contribution is 2.36. The summed E-state index contributed by atoms with van der Waals surface area (Å²) in [4.78, 5) is 6.41.